The first kappa shape index (κ1) is 31.0. The molecule has 2 heterocycles. The molecule has 1 aromatic heterocycles. The van der Waals surface area contributed by atoms with E-state index in [1.54, 1.807) is 0 Å². The van der Waals surface area contributed by atoms with Crippen LogP contribution < -0.4 is 0 Å². The number of aryl methyl sites for hydroxylation is 1. The maximum absolute atomic E-state index is 5.23. The highest BCUT2D eigenvalue weighted by molar-refractivity contribution is 6.13. The lowest BCUT2D eigenvalue weighted by Gasteiger charge is -2.19. The van der Waals surface area contributed by atoms with Crippen molar-refractivity contribution in [2.45, 2.75) is 73.1 Å². The van der Waals surface area contributed by atoms with Crippen LogP contribution in [0.2, 0.25) is 0 Å². The average molecular weight is 579 g/mol. The molecule has 224 valence electrons. The van der Waals surface area contributed by atoms with Gasteiger partial charge in [-0.05, 0) is 71.6 Å². The average Bonchev–Trinajstić information content (AvgIpc) is 3.62. The van der Waals surface area contributed by atoms with Crippen molar-refractivity contribution in [2.75, 3.05) is 0 Å². The molecule has 0 saturated heterocycles. The Kier molecular flexibility index (Phi) is 8.66. The number of benzene rings is 3. The number of nitrogens with one attached hydrogen (secondary N) is 1. The Balaban J connectivity index is 1.68. The van der Waals surface area contributed by atoms with Gasteiger partial charge in [-0.2, -0.15) is 0 Å². The molecule has 2 nitrogen and oxygen atoms in total. The van der Waals surface area contributed by atoms with Crippen molar-refractivity contribution in [3.63, 3.8) is 0 Å². The minimum atomic E-state index is 0.0985. The summed E-state index contributed by atoms with van der Waals surface area (Å²) in [6, 6.07) is 28.9. The number of rotatable bonds is 6. The number of H-pyrrole nitrogens is 1. The van der Waals surface area contributed by atoms with Gasteiger partial charge in [0.05, 0.1) is 17.1 Å². The Morgan fingerprint density at radius 1 is 0.705 bits per heavy atom. The Bertz CT molecular complexity index is 1780. The van der Waals surface area contributed by atoms with Gasteiger partial charge in [-0.15, -0.1) is 0 Å². The van der Waals surface area contributed by atoms with Gasteiger partial charge in [0.2, 0.25) is 0 Å². The van der Waals surface area contributed by atoms with E-state index >= 15 is 0 Å². The lowest BCUT2D eigenvalue weighted by molar-refractivity contribution is 0.590. The Hall–Kier alpha value is -4.43. The largest absolute Gasteiger partial charge is 0.354 e. The fraction of sp³-hybridized carbons (Fsp3) is 0.262. The van der Waals surface area contributed by atoms with Crippen molar-refractivity contribution in [1.29, 1.82) is 0 Å². The second kappa shape index (κ2) is 12.3. The number of nitrogens with zero attached hydrogens (tertiary/aromatic N) is 1. The van der Waals surface area contributed by atoms with Gasteiger partial charge >= 0.3 is 0 Å². The minimum Gasteiger partial charge on any atom is -0.354 e. The summed E-state index contributed by atoms with van der Waals surface area (Å²) in [6.45, 7) is 19.9. The fourth-order valence-electron chi connectivity index (χ4n) is 5.55. The molecule has 44 heavy (non-hydrogen) atoms. The van der Waals surface area contributed by atoms with E-state index in [0.29, 0.717) is 0 Å². The smallest absolute Gasteiger partial charge is 0.0760 e. The molecule has 1 N–H and O–H groups in total. The van der Waals surface area contributed by atoms with Crippen molar-refractivity contribution >= 4 is 11.3 Å². The first-order valence-electron chi connectivity index (χ1n) is 15.7. The van der Waals surface area contributed by atoms with Crippen LogP contribution in [0.3, 0.4) is 0 Å². The fourth-order valence-corrected chi connectivity index (χ4v) is 5.55. The molecule has 0 bridgehead atoms. The molecule has 5 rings (SSSR count). The quantitative estimate of drug-likeness (QED) is 0.220. The normalized spacial score (nSPS) is 15.3. The molecule has 0 atom stereocenters. The van der Waals surface area contributed by atoms with Crippen molar-refractivity contribution in [3.05, 3.63) is 148 Å². The van der Waals surface area contributed by atoms with Crippen LogP contribution in [0.25, 0.3) is 28.0 Å². The molecule has 1 aliphatic heterocycles. The third-order valence-electron chi connectivity index (χ3n) is 8.40. The molecule has 0 saturated carbocycles. The van der Waals surface area contributed by atoms with E-state index in [4.69, 9.17) is 4.99 Å². The van der Waals surface area contributed by atoms with Gasteiger partial charge in [0.25, 0.3) is 0 Å². The van der Waals surface area contributed by atoms with E-state index in [-0.39, 0.29) is 10.8 Å². The molecular formula is C42H46N2. The Labute approximate surface area is 264 Å². The predicted molar refractivity (Wildman–Crippen MR) is 191 cm³/mol. The van der Waals surface area contributed by atoms with Crippen LogP contribution in [0.1, 0.15) is 83.3 Å². The van der Waals surface area contributed by atoms with Crippen LogP contribution in [0.5, 0.6) is 0 Å². The summed E-state index contributed by atoms with van der Waals surface area (Å²) in [5.41, 5.74) is 15.2. The van der Waals surface area contributed by atoms with Gasteiger partial charge < -0.3 is 4.98 Å². The number of aromatic nitrogens is 1. The van der Waals surface area contributed by atoms with Crippen LogP contribution in [-0.2, 0) is 10.8 Å². The first-order chi connectivity index (χ1) is 20.8. The highest BCUT2D eigenvalue weighted by Gasteiger charge is 2.22. The lowest BCUT2D eigenvalue weighted by atomic mass is 9.86. The van der Waals surface area contributed by atoms with Gasteiger partial charge in [0, 0.05) is 22.4 Å². The molecule has 0 amide bonds. The molecule has 2 heteroatoms. The summed E-state index contributed by atoms with van der Waals surface area (Å²) >= 11 is 0. The summed E-state index contributed by atoms with van der Waals surface area (Å²) in [5.74, 6) is 0. The third kappa shape index (κ3) is 6.70. The van der Waals surface area contributed by atoms with Crippen LogP contribution in [0.15, 0.2) is 126 Å². The SMILES string of the molecule is C/C=C\C=C/C1=CC(c2ccc(C)cc2)=N/C1=C(/C)c1[nH]c(-c2ccc(C(C)(C)C)cc2)cc1-c1ccc(C(C)(C)C)cc1. The van der Waals surface area contributed by atoms with E-state index in [1.165, 1.54) is 33.4 Å². The zero-order chi connectivity index (χ0) is 31.6. The molecular weight excluding hydrogens is 532 g/mol. The second-order valence-electron chi connectivity index (χ2n) is 13.9. The van der Waals surface area contributed by atoms with Crippen molar-refractivity contribution < 1.29 is 0 Å². The maximum atomic E-state index is 5.23. The van der Waals surface area contributed by atoms with Gasteiger partial charge in [0.15, 0.2) is 0 Å². The van der Waals surface area contributed by atoms with E-state index in [0.717, 1.165) is 39.5 Å². The van der Waals surface area contributed by atoms with Gasteiger partial charge in [-0.3, -0.25) is 0 Å². The molecule has 3 aromatic carbocycles. The number of hydrogen-bond donors (Lipinski definition) is 1. The van der Waals surface area contributed by atoms with Crippen LogP contribution in [0, 0.1) is 6.92 Å². The molecule has 0 radical (unpaired) electrons. The van der Waals surface area contributed by atoms with Crippen LogP contribution in [0.4, 0.5) is 0 Å². The zero-order valence-corrected chi connectivity index (χ0v) is 27.8. The zero-order valence-electron chi connectivity index (χ0n) is 27.8. The number of aromatic amines is 1. The van der Waals surface area contributed by atoms with Gasteiger partial charge in [-0.25, -0.2) is 4.99 Å². The van der Waals surface area contributed by atoms with E-state index in [9.17, 15) is 0 Å². The first-order valence-corrected chi connectivity index (χ1v) is 15.7. The number of hydrogen-bond acceptors (Lipinski definition) is 1. The Morgan fingerprint density at radius 3 is 1.80 bits per heavy atom. The second-order valence-corrected chi connectivity index (χ2v) is 13.9. The van der Waals surface area contributed by atoms with Crippen molar-refractivity contribution in [2.24, 2.45) is 4.99 Å². The minimum absolute atomic E-state index is 0.0985. The lowest BCUT2D eigenvalue weighted by Crippen LogP contribution is -2.10. The summed E-state index contributed by atoms with van der Waals surface area (Å²) < 4.78 is 0. The van der Waals surface area contributed by atoms with E-state index in [2.05, 4.69) is 164 Å². The highest BCUT2D eigenvalue weighted by atomic mass is 14.8. The molecule has 0 aliphatic carbocycles. The summed E-state index contributed by atoms with van der Waals surface area (Å²) in [6.07, 6.45) is 10.6. The van der Waals surface area contributed by atoms with E-state index in [1.807, 2.05) is 13.0 Å². The van der Waals surface area contributed by atoms with Crippen LogP contribution >= 0.6 is 0 Å². The Morgan fingerprint density at radius 2 is 1.25 bits per heavy atom. The molecule has 0 unspecified atom stereocenters. The van der Waals surface area contributed by atoms with Gasteiger partial charge in [0.1, 0.15) is 0 Å². The summed E-state index contributed by atoms with van der Waals surface area (Å²) in [4.78, 5) is 9.07. The van der Waals surface area contributed by atoms with Crippen molar-refractivity contribution in [1.82, 2.24) is 4.98 Å². The van der Waals surface area contributed by atoms with Crippen molar-refractivity contribution in [3.8, 4) is 22.4 Å². The number of aliphatic imine (C=N–C) groups is 1. The monoisotopic (exact) mass is 578 g/mol. The summed E-state index contributed by atoms with van der Waals surface area (Å²) in [7, 11) is 0. The van der Waals surface area contributed by atoms with Crippen LogP contribution in [-0.4, -0.2) is 10.7 Å². The number of allylic oxidation sites excluding steroid dienone is 6. The predicted octanol–water partition coefficient (Wildman–Crippen LogP) is 11.5. The highest BCUT2D eigenvalue weighted by Crippen LogP contribution is 2.39. The molecule has 4 aromatic rings. The molecule has 0 fully saturated rings. The molecule has 1 aliphatic rings. The topological polar surface area (TPSA) is 28.1 Å². The maximum Gasteiger partial charge on any atom is 0.0760 e. The standard InChI is InChI=1S/C42H46N2/c1-10-11-12-13-33-26-37(31-16-14-28(2)15-17-31)43-39(33)29(3)40-36(30-18-22-34(23-19-30)41(4,5)6)27-38(44-40)32-20-24-35(25-21-32)42(7,8)9/h10-27,44H,1-9H3/b11-10-,13-12-,39-29-. The molecule has 0 spiro atoms. The summed E-state index contributed by atoms with van der Waals surface area (Å²) in [5, 5.41) is 0. The third-order valence-corrected chi connectivity index (χ3v) is 8.40. The van der Waals surface area contributed by atoms with Gasteiger partial charge in [-0.1, -0.05) is 144 Å². The van der Waals surface area contributed by atoms with E-state index < -0.39 is 0 Å².